The van der Waals surface area contributed by atoms with E-state index in [0.717, 1.165) is 49.0 Å². The molecule has 0 radical (unpaired) electrons. The van der Waals surface area contributed by atoms with E-state index in [1.165, 1.54) is 5.56 Å². The molecule has 2 heterocycles. The zero-order chi connectivity index (χ0) is 18.9. The van der Waals surface area contributed by atoms with Crippen LogP contribution in [0.4, 0.5) is 10.6 Å². The van der Waals surface area contributed by atoms with E-state index in [-0.39, 0.29) is 12.1 Å². The van der Waals surface area contributed by atoms with Gasteiger partial charge in [0.1, 0.15) is 5.60 Å². The molecule has 0 saturated carbocycles. The number of aryl methyl sites for hydroxylation is 1. The number of ether oxygens (including phenoxy) is 1. The van der Waals surface area contributed by atoms with Crippen molar-refractivity contribution in [1.82, 2.24) is 15.4 Å². The molecule has 1 aliphatic rings. The number of carbonyl (C=O) groups is 1. The highest BCUT2D eigenvalue weighted by Gasteiger charge is 2.24. The number of carbonyl (C=O) groups excluding carboxylic acids is 1. The van der Waals surface area contributed by atoms with Crippen LogP contribution in [0.15, 0.2) is 16.7 Å². The summed E-state index contributed by atoms with van der Waals surface area (Å²) in [5.41, 5.74) is 8.38. The molecular weight excluding hydrogens is 332 g/mol. The lowest BCUT2D eigenvalue weighted by Crippen LogP contribution is -2.45. The number of nitrogens with zero attached hydrogens (tertiary/aromatic N) is 2. The number of piperidine rings is 1. The quantitative estimate of drug-likeness (QED) is 0.873. The first-order valence-electron chi connectivity index (χ1n) is 9.07. The van der Waals surface area contributed by atoms with Gasteiger partial charge in [0.05, 0.1) is 5.39 Å². The fourth-order valence-electron chi connectivity index (χ4n) is 3.43. The molecule has 1 saturated heterocycles. The minimum absolute atomic E-state index is 0.166. The van der Waals surface area contributed by atoms with Crippen molar-refractivity contribution >= 4 is 22.9 Å². The Morgan fingerprint density at radius 2 is 2.08 bits per heavy atom. The van der Waals surface area contributed by atoms with Crippen LogP contribution in [0.2, 0.25) is 0 Å². The third-order valence-corrected chi connectivity index (χ3v) is 4.57. The molecule has 1 aromatic carbocycles. The first-order valence-corrected chi connectivity index (χ1v) is 9.07. The second-order valence-corrected chi connectivity index (χ2v) is 8.05. The van der Waals surface area contributed by atoms with Gasteiger partial charge in [-0.3, -0.25) is 4.90 Å². The Bertz CT molecular complexity index is 786. The number of fused-ring (bicyclic) bond motifs is 1. The number of amides is 1. The van der Waals surface area contributed by atoms with Gasteiger partial charge in [-0.2, -0.15) is 0 Å². The summed E-state index contributed by atoms with van der Waals surface area (Å²) in [4.78, 5) is 14.3. The van der Waals surface area contributed by atoms with Crippen LogP contribution in [0.5, 0.6) is 0 Å². The summed E-state index contributed by atoms with van der Waals surface area (Å²) in [6, 6.07) is 4.32. The average molecular weight is 360 g/mol. The molecule has 2 aromatic rings. The number of nitrogens with two attached hydrogens (primary N) is 1. The number of alkyl carbamates (subject to hydrolysis) is 1. The maximum Gasteiger partial charge on any atom is 0.407 e. The lowest BCUT2D eigenvalue weighted by atomic mass is 10.0. The van der Waals surface area contributed by atoms with Crippen LogP contribution in [0.3, 0.4) is 0 Å². The third-order valence-electron chi connectivity index (χ3n) is 4.57. The number of anilines is 1. The molecular formula is C19H28N4O3. The molecule has 0 unspecified atom stereocenters. The standard InChI is InChI=1S/C19H28N4O3/c1-12-9-13(10-15-16(12)17(20)22-26-15)11-23-7-5-14(6-8-23)21-18(24)25-19(2,3)4/h9-10,14H,5-8,11H2,1-4H3,(H2,20,22)(H,21,24). The van der Waals surface area contributed by atoms with Crippen molar-refractivity contribution in [2.75, 3.05) is 18.8 Å². The molecule has 1 fully saturated rings. The fraction of sp³-hybridized carbons (Fsp3) is 0.579. The van der Waals surface area contributed by atoms with Crippen molar-refractivity contribution in [2.45, 2.75) is 58.7 Å². The molecule has 0 spiro atoms. The van der Waals surface area contributed by atoms with Gasteiger partial charge in [-0.1, -0.05) is 11.2 Å². The highest BCUT2D eigenvalue weighted by atomic mass is 16.6. The predicted octanol–water partition coefficient (Wildman–Crippen LogP) is 3.21. The smallest absolute Gasteiger partial charge is 0.407 e. The van der Waals surface area contributed by atoms with Crippen LogP contribution in [0, 0.1) is 6.92 Å². The van der Waals surface area contributed by atoms with E-state index < -0.39 is 5.60 Å². The Balaban J connectivity index is 1.53. The second kappa shape index (κ2) is 7.15. The summed E-state index contributed by atoms with van der Waals surface area (Å²) in [7, 11) is 0. The van der Waals surface area contributed by atoms with E-state index in [9.17, 15) is 4.79 Å². The molecule has 1 aliphatic heterocycles. The van der Waals surface area contributed by atoms with Gasteiger partial charge in [-0.05, 0) is 57.7 Å². The number of hydrogen-bond acceptors (Lipinski definition) is 6. The molecule has 142 valence electrons. The molecule has 0 bridgehead atoms. The van der Waals surface area contributed by atoms with E-state index >= 15 is 0 Å². The van der Waals surface area contributed by atoms with Crippen LogP contribution in [0.25, 0.3) is 11.0 Å². The monoisotopic (exact) mass is 360 g/mol. The maximum atomic E-state index is 11.9. The predicted molar refractivity (Wildman–Crippen MR) is 101 cm³/mol. The summed E-state index contributed by atoms with van der Waals surface area (Å²) in [6.45, 7) is 10.3. The fourth-order valence-corrected chi connectivity index (χ4v) is 3.43. The maximum absolute atomic E-state index is 11.9. The van der Waals surface area contributed by atoms with Gasteiger partial charge in [0.25, 0.3) is 0 Å². The van der Waals surface area contributed by atoms with Crippen molar-refractivity contribution in [3.63, 3.8) is 0 Å². The van der Waals surface area contributed by atoms with E-state index in [1.54, 1.807) is 0 Å². The van der Waals surface area contributed by atoms with E-state index in [2.05, 4.69) is 21.4 Å². The lowest BCUT2D eigenvalue weighted by molar-refractivity contribution is 0.0477. The normalized spacial score (nSPS) is 16.8. The van der Waals surface area contributed by atoms with Crippen molar-refractivity contribution in [2.24, 2.45) is 0 Å². The number of nitrogen functional groups attached to an aromatic ring is 1. The Morgan fingerprint density at radius 3 is 2.73 bits per heavy atom. The van der Waals surface area contributed by atoms with Crippen LogP contribution >= 0.6 is 0 Å². The van der Waals surface area contributed by atoms with Crippen LogP contribution < -0.4 is 11.1 Å². The minimum Gasteiger partial charge on any atom is -0.444 e. The summed E-state index contributed by atoms with van der Waals surface area (Å²) in [5, 5.41) is 7.71. The van der Waals surface area contributed by atoms with Crippen molar-refractivity contribution in [3.05, 3.63) is 23.3 Å². The zero-order valence-corrected chi connectivity index (χ0v) is 16.0. The molecule has 1 aromatic heterocycles. The van der Waals surface area contributed by atoms with Gasteiger partial charge in [0.2, 0.25) is 0 Å². The van der Waals surface area contributed by atoms with Gasteiger partial charge in [0.15, 0.2) is 11.4 Å². The second-order valence-electron chi connectivity index (χ2n) is 8.05. The molecule has 7 heteroatoms. The number of aromatic nitrogens is 1. The van der Waals surface area contributed by atoms with E-state index in [0.29, 0.717) is 5.82 Å². The summed E-state index contributed by atoms with van der Waals surface area (Å²) < 4.78 is 10.6. The van der Waals surface area contributed by atoms with Gasteiger partial charge in [-0.15, -0.1) is 0 Å². The molecule has 26 heavy (non-hydrogen) atoms. The molecule has 1 amide bonds. The topological polar surface area (TPSA) is 93.6 Å². The molecule has 3 rings (SSSR count). The number of nitrogens with one attached hydrogen (secondary N) is 1. The summed E-state index contributed by atoms with van der Waals surface area (Å²) in [6.07, 6.45) is 1.49. The zero-order valence-electron chi connectivity index (χ0n) is 16.0. The van der Waals surface area contributed by atoms with E-state index in [4.69, 9.17) is 15.0 Å². The molecule has 7 nitrogen and oxygen atoms in total. The van der Waals surface area contributed by atoms with Gasteiger partial charge in [0, 0.05) is 25.7 Å². The lowest BCUT2D eigenvalue weighted by Gasteiger charge is -2.32. The minimum atomic E-state index is -0.467. The first-order chi connectivity index (χ1) is 12.2. The Kier molecular flexibility index (Phi) is 5.09. The highest BCUT2D eigenvalue weighted by Crippen LogP contribution is 2.26. The third kappa shape index (κ3) is 4.46. The SMILES string of the molecule is Cc1cc(CN2CCC(NC(=O)OC(C)(C)C)CC2)cc2onc(N)c12. The first kappa shape index (κ1) is 18.5. The van der Waals surface area contributed by atoms with Crippen LogP contribution in [-0.2, 0) is 11.3 Å². The summed E-state index contributed by atoms with van der Waals surface area (Å²) >= 11 is 0. The highest BCUT2D eigenvalue weighted by molar-refractivity contribution is 5.90. The van der Waals surface area contributed by atoms with Gasteiger partial charge in [-0.25, -0.2) is 4.79 Å². The molecule has 0 aliphatic carbocycles. The number of hydrogen-bond donors (Lipinski definition) is 2. The number of rotatable bonds is 3. The van der Waals surface area contributed by atoms with Crippen molar-refractivity contribution in [3.8, 4) is 0 Å². The Morgan fingerprint density at radius 1 is 1.38 bits per heavy atom. The average Bonchev–Trinajstić information content (AvgIpc) is 2.89. The molecule has 0 atom stereocenters. The van der Waals surface area contributed by atoms with Gasteiger partial charge >= 0.3 is 6.09 Å². The Hall–Kier alpha value is -2.28. The Labute approximate surface area is 153 Å². The number of likely N-dealkylation sites (tertiary alicyclic amines) is 1. The number of benzene rings is 1. The largest absolute Gasteiger partial charge is 0.444 e. The molecule has 3 N–H and O–H groups in total. The van der Waals surface area contributed by atoms with E-state index in [1.807, 2.05) is 33.8 Å². The van der Waals surface area contributed by atoms with Crippen molar-refractivity contribution in [1.29, 1.82) is 0 Å². The van der Waals surface area contributed by atoms with Crippen LogP contribution in [-0.4, -0.2) is 40.9 Å². The van der Waals surface area contributed by atoms with Crippen LogP contribution in [0.1, 0.15) is 44.7 Å². The summed E-state index contributed by atoms with van der Waals surface area (Å²) in [5.74, 6) is 0.443. The van der Waals surface area contributed by atoms with Gasteiger partial charge < -0.3 is 20.3 Å². The van der Waals surface area contributed by atoms with Crippen molar-refractivity contribution < 1.29 is 14.1 Å².